The summed E-state index contributed by atoms with van der Waals surface area (Å²) in [5, 5.41) is 10.5. The Bertz CT molecular complexity index is 1080. The predicted molar refractivity (Wildman–Crippen MR) is 127 cm³/mol. The van der Waals surface area contributed by atoms with Crippen molar-refractivity contribution in [2.45, 2.75) is 59.0 Å². The predicted octanol–water partition coefficient (Wildman–Crippen LogP) is 4.01. The van der Waals surface area contributed by atoms with Crippen molar-refractivity contribution in [2.75, 3.05) is 13.1 Å². The highest BCUT2D eigenvalue weighted by molar-refractivity contribution is 7.09. The van der Waals surface area contributed by atoms with E-state index in [2.05, 4.69) is 35.3 Å². The number of aromatic nitrogens is 3. The lowest BCUT2D eigenvalue weighted by Crippen LogP contribution is -2.48. The molecule has 1 aliphatic heterocycles. The van der Waals surface area contributed by atoms with Crippen molar-refractivity contribution < 1.29 is 9.59 Å². The number of carbonyl (C=O) groups is 2. The molecule has 170 valence electrons. The minimum atomic E-state index is -0.0963. The lowest BCUT2D eigenvalue weighted by Gasteiger charge is -2.34. The third kappa shape index (κ3) is 4.70. The van der Waals surface area contributed by atoms with Crippen molar-refractivity contribution in [1.82, 2.24) is 25.0 Å². The number of rotatable bonds is 7. The number of hydrogen-bond donors (Lipinski definition) is 1. The molecule has 1 aliphatic rings. The van der Waals surface area contributed by atoms with Gasteiger partial charge in [0, 0.05) is 35.6 Å². The summed E-state index contributed by atoms with van der Waals surface area (Å²) in [6.45, 7) is 8.08. The Morgan fingerprint density at radius 3 is 2.66 bits per heavy atom. The number of nitrogens with zero attached hydrogens (tertiary/aromatic N) is 4. The second-order valence-corrected chi connectivity index (χ2v) is 9.55. The summed E-state index contributed by atoms with van der Waals surface area (Å²) in [4.78, 5) is 33.6. The zero-order valence-electron chi connectivity index (χ0n) is 19.0. The van der Waals surface area contributed by atoms with E-state index in [9.17, 15) is 9.59 Å². The van der Waals surface area contributed by atoms with Gasteiger partial charge in [-0.15, -0.1) is 11.3 Å². The quantitative estimate of drug-likeness (QED) is 0.586. The molecule has 0 spiro atoms. The molecule has 0 saturated carbocycles. The number of nitrogens with one attached hydrogen (secondary N) is 1. The number of hydrogen-bond acceptors (Lipinski definition) is 5. The number of aryl methyl sites for hydroxylation is 1. The van der Waals surface area contributed by atoms with E-state index < -0.39 is 0 Å². The molecule has 4 rings (SSSR count). The molecule has 7 nitrogen and oxygen atoms in total. The normalized spacial score (nSPS) is 14.9. The van der Waals surface area contributed by atoms with Gasteiger partial charge < -0.3 is 10.2 Å². The molecule has 1 N–H and O–H groups in total. The van der Waals surface area contributed by atoms with E-state index in [-0.39, 0.29) is 23.8 Å². The maximum absolute atomic E-state index is 13.2. The number of pyridine rings is 1. The molecule has 32 heavy (non-hydrogen) atoms. The third-order valence-electron chi connectivity index (χ3n) is 6.34. The molecule has 3 aromatic heterocycles. The average molecular weight is 454 g/mol. The minimum absolute atomic E-state index is 0.0675. The highest BCUT2D eigenvalue weighted by Gasteiger charge is 2.28. The smallest absolute Gasteiger partial charge is 0.252 e. The van der Waals surface area contributed by atoms with E-state index >= 15 is 0 Å². The molecular weight excluding hydrogens is 422 g/mol. The van der Waals surface area contributed by atoms with Crippen LogP contribution in [0, 0.1) is 12.8 Å². The maximum Gasteiger partial charge on any atom is 0.252 e. The van der Waals surface area contributed by atoms with E-state index in [1.54, 1.807) is 17.5 Å². The standard InChI is InChI=1S/C24H31N5O2S/c1-4-17(5-2)24(31)28-10-8-18(9-11-28)27-23(30)20-13-16(3)26-22-21(20)14-25-29(22)15-19-7-6-12-32-19/h6-7,12-14,17-18H,4-5,8-11,15H2,1-3H3,(H,27,30). The van der Waals surface area contributed by atoms with Crippen molar-refractivity contribution in [1.29, 1.82) is 0 Å². The molecule has 2 amide bonds. The van der Waals surface area contributed by atoms with Gasteiger partial charge in [0.1, 0.15) is 0 Å². The van der Waals surface area contributed by atoms with Crippen molar-refractivity contribution in [3.8, 4) is 0 Å². The van der Waals surface area contributed by atoms with Crippen LogP contribution in [0.3, 0.4) is 0 Å². The van der Waals surface area contributed by atoms with Gasteiger partial charge in [0.15, 0.2) is 5.65 Å². The molecule has 4 heterocycles. The van der Waals surface area contributed by atoms with Crippen LogP contribution < -0.4 is 5.32 Å². The van der Waals surface area contributed by atoms with Crippen LogP contribution in [0.25, 0.3) is 11.0 Å². The summed E-state index contributed by atoms with van der Waals surface area (Å²) in [7, 11) is 0. The van der Waals surface area contributed by atoms with Crippen molar-refractivity contribution in [2.24, 2.45) is 5.92 Å². The Balaban J connectivity index is 1.44. The Morgan fingerprint density at radius 1 is 1.25 bits per heavy atom. The molecule has 0 radical (unpaired) electrons. The van der Waals surface area contributed by atoms with Gasteiger partial charge in [0.05, 0.1) is 23.7 Å². The van der Waals surface area contributed by atoms with Gasteiger partial charge in [-0.3, -0.25) is 9.59 Å². The first kappa shape index (κ1) is 22.5. The zero-order chi connectivity index (χ0) is 22.7. The monoisotopic (exact) mass is 453 g/mol. The second kappa shape index (κ2) is 9.81. The first-order valence-corrected chi connectivity index (χ1v) is 12.3. The molecule has 0 unspecified atom stereocenters. The number of likely N-dealkylation sites (tertiary alicyclic amines) is 1. The van der Waals surface area contributed by atoms with E-state index in [0.717, 1.165) is 42.4 Å². The lowest BCUT2D eigenvalue weighted by molar-refractivity contribution is -0.136. The highest BCUT2D eigenvalue weighted by atomic mass is 32.1. The molecule has 1 saturated heterocycles. The highest BCUT2D eigenvalue weighted by Crippen LogP contribution is 2.22. The Labute approximate surface area is 192 Å². The number of amides is 2. The Hall–Kier alpha value is -2.74. The van der Waals surface area contributed by atoms with E-state index in [0.29, 0.717) is 25.2 Å². The van der Waals surface area contributed by atoms with Gasteiger partial charge >= 0.3 is 0 Å². The van der Waals surface area contributed by atoms with Gasteiger partial charge in [-0.2, -0.15) is 5.10 Å². The number of piperidine rings is 1. The molecular formula is C24H31N5O2S. The fourth-order valence-electron chi connectivity index (χ4n) is 4.43. The van der Waals surface area contributed by atoms with Gasteiger partial charge in [-0.1, -0.05) is 19.9 Å². The molecule has 0 bridgehead atoms. The van der Waals surface area contributed by atoms with Crippen molar-refractivity contribution >= 4 is 34.2 Å². The molecule has 0 atom stereocenters. The van der Waals surface area contributed by atoms with Crippen molar-refractivity contribution in [3.63, 3.8) is 0 Å². The molecule has 8 heteroatoms. The van der Waals surface area contributed by atoms with Crippen LogP contribution in [0.5, 0.6) is 0 Å². The molecule has 0 aliphatic carbocycles. The Kier molecular flexibility index (Phi) is 6.89. The first-order valence-electron chi connectivity index (χ1n) is 11.4. The van der Waals surface area contributed by atoms with E-state index in [1.807, 2.05) is 34.0 Å². The van der Waals surface area contributed by atoms with Crippen LogP contribution in [0.4, 0.5) is 0 Å². The van der Waals surface area contributed by atoms with Crippen LogP contribution in [-0.4, -0.2) is 50.6 Å². The topological polar surface area (TPSA) is 80.1 Å². The van der Waals surface area contributed by atoms with Gasteiger partial charge in [0.2, 0.25) is 5.91 Å². The number of thiophene rings is 1. The zero-order valence-corrected chi connectivity index (χ0v) is 19.8. The fraction of sp³-hybridized carbons (Fsp3) is 0.500. The fourth-order valence-corrected chi connectivity index (χ4v) is 5.12. The summed E-state index contributed by atoms with van der Waals surface area (Å²) in [6, 6.07) is 5.99. The van der Waals surface area contributed by atoms with Crippen LogP contribution >= 0.6 is 11.3 Å². The van der Waals surface area contributed by atoms with Gasteiger partial charge in [0.25, 0.3) is 5.91 Å². The van der Waals surface area contributed by atoms with Crippen LogP contribution in [0.1, 0.15) is 60.5 Å². The van der Waals surface area contributed by atoms with Crippen LogP contribution in [0.15, 0.2) is 29.8 Å². The average Bonchev–Trinajstić information content (AvgIpc) is 3.45. The minimum Gasteiger partial charge on any atom is -0.349 e. The summed E-state index contributed by atoms with van der Waals surface area (Å²) in [5.74, 6) is 0.269. The summed E-state index contributed by atoms with van der Waals surface area (Å²) < 4.78 is 1.85. The van der Waals surface area contributed by atoms with Gasteiger partial charge in [-0.25, -0.2) is 9.67 Å². The summed E-state index contributed by atoms with van der Waals surface area (Å²) >= 11 is 1.68. The summed E-state index contributed by atoms with van der Waals surface area (Å²) in [6.07, 6.45) is 5.05. The van der Waals surface area contributed by atoms with Gasteiger partial charge in [-0.05, 0) is 50.1 Å². The SMILES string of the molecule is CCC(CC)C(=O)N1CCC(NC(=O)c2cc(C)nc3c2cnn3Cc2cccs2)CC1. The van der Waals surface area contributed by atoms with Crippen molar-refractivity contribution in [3.05, 3.63) is 45.9 Å². The summed E-state index contributed by atoms with van der Waals surface area (Å²) in [5.41, 5.74) is 2.13. The lowest BCUT2D eigenvalue weighted by atomic mass is 9.98. The largest absolute Gasteiger partial charge is 0.349 e. The molecule has 1 fully saturated rings. The van der Waals surface area contributed by atoms with E-state index in [4.69, 9.17) is 0 Å². The molecule has 3 aromatic rings. The molecule has 0 aromatic carbocycles. The number of fused-ring (bicyclic) bond motifs is 1. The van der Waals surface area contributed by atoms with Crippen LogP contribution in [0.2, 0.25) is 0 Å². The Morgan fingerprint density at radius 2 is 2.00 bits per heavy atom. The maximum atomic E-state index is 13.2. The first-order chi connectivity index (χ1) is 15.5. The van der Waals surface area contributed by atoms with E-state index in [1.165, 1.54) is 4.88 Å². The number of carbonyl (C=O) groups excluding carboxylic acids is 2. The van der Waals surface area contributed by atoms with Crippen LogP contribution in [-0.2, 0) is 11.3 Å². The third-order valence-corrected chi connectivity index (χ3v) is 7.21. The second-order valence-electron chi connectivity index (χ2n) is 8.52.